The molecule has 0 aliphatic heterocycles. The average Bonchev–Trinajstić information content (AvgIpc) is 2.38. The smallest absolute Gasteiger partial charge is 0.255 e. The molecule has 0 radical (unpaired) electrons. The lowest BCUT2D eigenvalue weighted by atomic mass is 10.1. The Morgan fingerprint density at radius 2 is 2.28 bits per heavy atom. The van der Waals surface area contributed by atoms with E-state index in [0.29, 0.717) is 28.8 Å². The molecule has 0 saturated heterocycles. The Morgan fingerprint density at radius 1 is 1.61 bits per heavy atom. The maximum Gasteiger partial charge on any atom is 0.255 e. The predicted molar refractivity (Wildman–Crippen MR) is 74.9 cm³/mol. The van der Waals surface area contributed by atoms with Gasteiger partial charge in [0.25, 0.3) is 5.91 Å². The number of nitrogen functional groups attached to an aromatic ring is 1. The van der Waals surface area contributed by atoms with Crippen molar-refractivity contribution in [2.24, 2.45) is 5.92 Å². The summed E-state index contributed by atoms with van der Waals surface area (Å²) in [7, 11) is 0. The Morgan fingerprint density at radius 3 is 2.83 bits per heavy atom. The molecule has 1 atom stereocenters. The van der Waals surface area contributed by atoms with Crippen LogP contribution in [0.3, 0.4) is 0 Å². The molecule has 5 heteroatoms. The summed E-state index contributed by atoms with van der Waals surface area (Å²) in [6, 6.07) is 7.33. The van der Waals surface area contributed by atoms with Gasteiger partial charge in [0, 0.05) is 18.8 Å². The second kappa shape index (κ2) is 6.41. The standard InChI is InChI=1S/C13H16BrN3O/c1-3-17(8-9(2)7-15)13(18)10-5-4-6-11(16)12(10)14/h4-6,9H,3,8,16H2,1-2H3. The maximum absolute atomic E-state index is 12.3. The van der Waals surface area contributed by atoms with Gasteiger partial charge in [0.1, 0.15) is 0 Å². The van der Waals surface area contributed by atoms with Crippen molar-refractivity contribution in [3.63, 3.8) is 0 Å². The van der Waals surface area contributed by atoms with E-state index in [9.17, 15) is 4.79 Å². The van der Waals surface area contributed by atoms with Gasteiger partial charge in [-0.25, -0.2) is 0 Å². The molecular formula is C13H16BrN3O. The number of hydrogen-bond acceptors (Lipinski definition) is 3. The number of hydrogen-bond donors (Lipinski definition) is 1. The minimum atomic E-state index is -0.186. The van der Waals surface area contributed by atoms with Gasteiger partial charge < -0.3 is 10.6 Å². The van der Waals surface area contributed by atoms with Crippen molar-refractivity contribution in [1.82, 2.24) is 4.90 Å². The number of anilines is 1. The van der Waals surface area contributed by atoms with Crippen LogP contribution in [0.15, 0.2) is 22.7 Å². The normalized spacial score (nSPS) is 11.7. The van der Waals surface area contributed by atoms with Crippen LogP contribution in [0.2, 0.25) is 0 Å². The summed E-state index contributed by atoms with van der Waals surface area (Å²) >= 11 is 3.32. The summed E-state index contributed by atoms with van der Waals surface area (Å²) in [5.74, 6) is -0.299. The van der Waals surface area contributed by atoms with E-state index in [0.717, 1.165) is 0 Å². The Labute approximate surface area is 116 Å². The summed E-state index contributed by atoms with van der Waals surface area (Å²) in [5.41, 5.74) is 6.82. The van der Waals surface area contributed by atoms with E-state index in [1.54, 1.807) is 30.0 Å². The molecule has 1 rings (SSSR count). The van der Waals surface area contributed by atoms with Crippen LogP contribution in [-0.4, -0.2) is 23.9 Å². The molecular weight excluding hydrogens is 294 g/mol. The lowest BCUT2D eigenvalue weighted by Crippen LogP contribution is -2.34. The van der Waals surface area contributed by atoms with Crippen LogP contribution >= 0.6 is 15.9 Å². The van der Waals surface area contributed by atoms with Gasteiger partial charge in [-0.1, -0.05) is 6.07 Å². The summed E-state index contributed by atoms with van der Waals surface area (Å²) < 4.78 is 0.609. The number of carbonyl (C=O) groups is 1. The fourth-order valence-corrected chi connectivity index (χ4v) is 2.05. The number of halogens is 1. The predicted octanol–water partition coefficient (Wildman–Crippen LogP) is 2.65. The van der Waals surface area contributed by atoms with Gasteiger partial charge in [0.15, 0.2) is 0 Å². The molecule has 0 bridgehead atoms. The van der Waals surface area contributed by atoms with E-state index < -0.39 is 0 Å². The van der Waals surface area contributed by atoms with Crippen LogP contribution in [0.4, 0.5) is 5.69 Å². The highest BCUT2D eigenvalue weighted by Crippen LogP contribution is 2.25. The molecule has 1 aromatic rings. The Balaban J connectivity index is 2.97. The molecule has 0 aromatic heterocycles. The molecule has 4 nitrogen and oxygen atoms in total. The summed E-state index contributed by atoms with van der Waals surface area (Å²) in [6.45, 7) is 4.67. The molecule has 1 aromatic carbocycles. The van der Waals surface area contributed by atoms with Crippen molar-refractivity contribution >= 4 is 27.5 Å². The van der Waals surface area contributed by atoms with Crippen LogP contribution in [0.5, 0.6) is 0 Å². The molecule has 18 heavy (non-hydrogen) atoms. The molecule has 0 aliphatic carbocycles. The molecule has 0 saturated carbocycles. The zero-order chi connectivity index (χ0) is 13.7. The Hall–Kier alpha value is -1.54. The third-order valence-corrected chi connectivity index (χ3v) is 3.53. The minimum Gasteiger partial charge on any atom is -0.398 e. The van der Waals surface area contributed by atoms with Crippen LogP contribution < -0.4 is 5.73 Å². The Kier molecular flexibility index (Phi) is 5.17. The second-order valence-corrected chi connectivity index (χ2v) is 4.88. The summed E-state index contributed by atoms with van der Waals surface area (Å²) in [5, 5.41) is 8.81. The van der Waals surface area contributed by atoms with E-state index >= 15 is 0 Å². The lowest BCUT2D eigenvalue weighted by Gasteiger charge is -2.22. The molecule has 0 fully saturated rings. The number of rotatable bonds is 4. The quantitative estimate of drug-likeness (QED) is 0.869. The molecule has 1 amide bonds. The monoisotopic (exact) mass is 309 g/mol. The van der Waals surface area contributed by atoms with E-state index in [2.05, 4.69) is 22.0 Å². The van der Waals surface area contributed by atoms with Crippen LogP contribution in [0, 0.1) is 17.2 Å². The van der Waals surface area contributed by atoms with Crippen molar-refractivity contribution in [2.75, 3.05) is 18.8 Å². The van der Waals surface area contributed by atoms with E-state index in [1.807, 2.05) is 6.92 Å². The minimum absolute atomic E-state index is 0.112. The first kappa shape index (κ1) is 14.5. The molecule has 0 heterocycles. The SMILES string of the molecule is CCN(CC(C)C#N)C(=O)c1cccc(N)c1Br. The number of nitrogens with zero attached hydrogens (tertiary/aromatic N) is 2. The van der Waals surface area contributed by atoms with E-state index in [-0.39, 0.29) is 11.8 Å². The van der Waals surface area contributed by atoms with Crippen molar-refractivity contribution in [3.05, 3.63) is 28.2 Å². The zero-order valence-corrected chi connectivity index (χ0v) is 12.1. The van der Waals surface area contributed by atoms with E-state index in [4.69, 9.17) is 11.0 Å². The summed E-state index contributed by atoms with van der Waals surface area (Å²) in [6.07, 6.45) is 0. The van der Waals surface area contributed by atoms with Crippen LogP contribution in [-0.2, 0) is 0 Å². The molecule has 0 spiro atoms. The van der Waals surface area contributed by atoms with Gasteiger partial charge >= 0.3 is 0 Å². The van der Waals surface area contributed by atoms with E-state index in [1.165, 1.54) is 0 Å². The average molecular weight is 310 g/mol. The highest BCUT2D eigenvalue weighted by molar-refractivity contribution is 9.10. The highest BCUT2D eigenvalue weighted by atomic mass is 79.9. The van der Waals surface area contributed by atoms with Crippen molar-refractivity contribution in [2.45, 2.75) is 13.8 Å². The number of nitrogens with two attached hydrogens (primary N) is 1. The summed E-state index contributed by atoms with van der Waals surface area (Å²) in [4.78, 5) is 14.0. The fraction of sp³-hybridized carbons (Fsp3) is 0.385. The van der Waals surface area contributed by atoms with Gasteiger partial charge in [-0.3, -0.25) is 4.79 Å². The maximum atomic E-state index is 12.3. The zero-order valence-electron chi connectivity index (χ0n) is 10.5. The fourth-order valence-electron chi connectivity index (χ4n) is 1.61. The number of carbonyl (C=O) groups excluding carboxylic acids is 1. The van der Waals surface area contributed by atoms with Crippen molar-refractivity contribution in [3.8, 4) is 6.07 Å². The van der Waals surface area contributed by atoms with Crippen molar-refractivity contribution < 1.29 is 4.79 Å². The first-order valence-electron chi connectivity index (χ1n) is 5.74. The highest BCUT2D eigenvalue weighted by Gasteiger charge is 2.19. The lowest BCUT2D eigenvalue weighted by molar-refractivity contribution is 0.0752. The third-order valence-electron chi connectivity index (χ3n) is 2.64. The Bertz CT molecular complexity index is 482. The topological polar surface area (TPSA) is 70.1 Å². The number of amides is 1. The van der Waals surface area contributed by atoms with Gasteiger partial charge in [0.05, 0.1) is 22.0 Å². The van der Waals surface area contributed by atoms with Crippen LogP contribution in [0.1, 0.15) is 24.2 Å². The first-order valence-corrected chi connectivity index (χ1v) is 6.53. The van der Waals surface area contributed by atoms with Gasteiger partial charge in [0.2, 0.25) is 0 Å². The second-order valence-electron chi connectivity index (χ2n) is 4.08. The molecule has 2 N–H and O–H groups in total. The third kappa shape index (κ3) is 3.23. The van der Waals surface area contributed by atoms with Gasteiger partial charge in [-0.2, -0.15) is 5.26 Å². The number of nitriles is 1. The van der Waals surface area contributed by atoms with Gasteiger partial charge in [-0.05, 0) is 41.9 Å². The first-order chi connectivity index (χ1) is 8.51. The van der Waals surface area contributed by atoms with Crippen LogP contribution in [0.25, 0.3) is 0 Å². The molecule has 1 unspecified atom stereocenters. The largest absolute Gasteiger partial charge is 0.398 e. The molecule has 96 valence electrons. The van der Waals surface area contributed by atoms with Gasteiger partial charge in [-0.15, -0.1) is 0 Å². The molecule has 0 aliphatic rings. The number of benzene rings is 1. The van der Waals surface area contributed by atoms with Crippen molar-refractivity contribution in [1.29, 1.82) is 5.26 Å².